The zero-order valence-corrected chi connectivity index (χ0v) is 12.4. The van der Waals surface area contributed by atoms with E-state index in [1.165, 1.54) is 4.90 Å². The molecule has 1 aromatic carbocycles. The standard InChI is InChI=1S/C16H19NO4/c1-4-11(3)17(9-15(18)19)16(20)14-8-12-7-10(2)5-6-13(12)21-14/h5-8,11H,4,9H2,1-3H3,(H,18,19). The molecule has 1 amide bonds. The summed E-state index contributed by atoms with van der Waals surface area (Å²) in [7, 11) is 0. The van der Waals surface area contributed by atoms with Gasteiger partial charge in [0, 0.05) is 11.4 Å². The Morgan fingerprint density at radius 1 is 1.33 bits per heavy atom. The number of fused-ring (bicyclic) bond motifs is 1. The molecule has 0 fully saturated rings. The minimum atomic E-state index is -1.03. The second-order valence-corrected chi connectivity index (χ2v) is 5.24. The first-order valence-electron chi connectivity index (χ1n) is 6.95. The van der Waals surface area contributed by atoms with Crippen LogP contribution in [0.3, 0.4) is 0 Å². The zero-order chi connectivity index (χ0) is 15.6. The quantitative estimate of drug-likeness (QED) is 0.918. The molecule has 1 aromatic heterocycles. The van der Waals surface area contributed by atoms with Gasteiger partial charge in [-0.25, -0.2) is 0 Å². The van der Waals surface area contributed by atoms with Gasteiger partial charge in [-0.2, -0.15) is 0 Å². The van der Waals surface area contributed by atoms with Crippen molar-refractivity contribution in [3.8, 4) is 0 Å². The number of furan rings is 1. The van der Waals surface area contributed by atoms with E-state index in [1.54, 1.807) is 6.07 Å². The number of hydrogen-bond donors (Lipinski definition) is 1. The van der Waals surface area contributed by atoms with Crippen molar-refractivity contribution in [2.24, 2.45) is 0 Å². The normalized spacial score (nSPS) is 12.3. The summed E-state index contributed by atoms with van der Waals surface area (Å²) >= 11 is 0. The molecule has 0 aliphatic heterocycles. The molecular weight excluding hydrogens is 270 g/mol. The summed E-state index contributed by atoms with van der Waals surface area (Å²) in [6.45, 7) is 5.37. The molecule has 0 bridgehead atoms. The Morgan fingerprint density at radius 2 is 2.05 bits per heavy atom. The molecular formula is C16H19NO4. The average Bonchev–Trinajstić information content (AvgIpc) is 2.85. The van der Waals surface area contributed by atoms with Crippen LogP contribution < -0.4 is 0 Å². The van der Waals surface area contributed by atoms with Crippen molar-refractivity contribution in [2.75, 3.05) is 6.54 Å². The number of carbonyl (C=O) groups is 2. The van der Waals surface area contributed by atoms with Crippen LogP contribution in [0.1, 0.15) is 36.4 Å². The predicted molar refractivity (Wildman–Crippen MR) is 79.4 cm³/mol. The maximum absolute atomic E-state index is 12.5. The Morgan fingerprint density at radius 3 is 2.67 bits per heavy atom. The Bertz CT molecular complexity index is 674. The molecule has 5 heteroatoms. The van der Waals surface area contributed by atoms with Crippen LogP contribution in [-0.2, 0) is 4.79 Å². The highest BCUT2D eigenvalue weighted by Crippen LogP contribution is 2.22. The van der Waals surface area contributed by atoms with Crippen molar-refractivity contribution in [1.29, 1.82) is 0 Å². The molecule has 2 aromatic rings. The number of aryl methyl sites for hydroxylation is 1. The van der Waals surface area contributed by atoms with E-state index in [2.05, 4.69) is 0 Å². The first-order chi connectivity index (χ1) is 9.92. The summed E-state index contributed by atoms with van der Waals surface area (Å²) in [5, 5.41) is 9.82. The van der Waals surface area contributed by atoms with E-state index in [-0.39, 0.29) is 24.3 Å². The first kappa shape index (κ1) is 15.1. The van der Waals surface area contributed by atoms with Crippen LogP contribution in [-0.4, -0.2) is 34.5 Å². The Balaban J connectivity index is 2.35. The topological polar surface area (TPSA) is 70.8 Å². The molecule has 0 saturated heterocycles. The molecule has 2 rings (SSSR count). The van der Waals surface area contributed by atoms with Crippen molar-refractivity contribution in [2.45, 2.75) is 33.2 Å². The number of rotatable bonds is 5. The highest BCUT2D eigenvalue weighted by molar-refractivity contribution is 5.97. The fourth-order valence-corrected chi connectivity index (χ4v) is 2.20. The second-order valence-electron chi connectivity index (χ2n) is 5.24. The van der Waals surface area contributed by atoms with Gasteiger partial charge in [0.1, 0.15) is 12.1 Å². The van der Waals surface area contributed by atoms with Crippen LogP contribution >= 0.6 is 0 Å². The summed E-state index contributed by atoms with van der Waals surface area (Å²) < 4.78 is 5.56. The number of aliphatic carboxylic acids is 1. The van der Waals surface area contributed by atoms with Crippen molar-refractivity contribution in [3.05, 3.63) is 35.6 Å². The van der Waals surface area contributed by atoms with Gasteiger partial charge in [0.05, 0.1) is 0 Å². The monoisotopic (exact) mass is 289 g/mol. The van der Waals surface area contributed by atoms with Crippen molar-refractivity contribution in [3.63, 3.8) is 0 Å². The number of carboxylic acid groups (broad SMARTS) is 1. The molecule has 1 unspecified atom stereocenters. The highest BCUT2D eigenvalue weighted by Gasteiger charge is 2.25. The third-order valence-electron chi connectivity index (χ3n) is 3.57. The minimum Gasteiger partial charge on any atom is -0.480 e. The lowest BCUT2D eigenvalue weighted by Gasteiger charge is -2.25. The molecule has 1 heterocycles. The number of carbonyl (C=O) groups excluding carboxylic acids is 1. The van der Waals surface area contributed by atoms with Crippen molar-refractivity contribution >= 4 is 22.8 Å². The van der Waals surface area contributed by atoms with E-state index in [9.17, 15) is 9.59 Å². The van der Waals surface area contributed by atoms with Crippen LogP contribution in [0.4, 0.5) is 0 Å². The van der Waals surface area contributed by atoms with E-state index >= 15 is 0 Å². The van der Waals surface area contributed by atoms with Crippen molar-refractivity contribution < 1.29 is 19.1 Å². The van der Waals surface area contributed by atoms with E-state index in [0.717, 1.165) is 10.9 Å². The average molecular weight is 289 g/mol. The summed E-state index contributed by atoms with van der Waals surface area (Å²) in [5.74, 6) is -1.24. The van der Waals surface area contributed by atoms with Crippen LogP contribution in [0.2, 0.25) is 0 Å². The molecule has 1 N–H and O–H groups in total. The Hall–Kier alpha value is -2.30. The number of amides is 1. The highest BCUT2D eigenvalue weighted by atomic mass is 16.4. The summed E-state index contributed by atoms with van der Waals surface area (Å²) in [4.78, 5) is 24.8. The molecule has 0 spiro atoms. The SMILES string of the molecule is CCC(C)N(CC(=O)O)C(=O)c1cc2cc(C)ccc2o1. The molecule has 1 atom stereocenters. The van der Waals surface area contributed by atoms with Gasteiger partial charge >= 0.3 is 5.97 Å². The largest absolute Gasteiger partial charge is 0.480 e. The molecule has 0 saturated carbocycles. The molecule has 112 valence electrons. The molecule has 0 radical (unpaired) electrons. The fourth-order valence-electron chi connectivity index (χ4n) is 2.20. The number of hydrogen-bond acceptors (Lipinski definition) is 3. The third kappa shape index (κ3) is 3.24. The fraction of sp³-hybridized carbons (Fsp3) is 0.375. The number of benzene rings is 1. The van der Waals surface area contributed by atoms with Crippen molar-refractivity contribution in [1.82, 2.24) is 4.90 Å². The second kappa shape index (κ2) is 5.99. The van der Waals surface area contributed by atoms with Crippen LogP contribution in [0.25, 0.3) is 11.0 Å². The molecule has 0 aliphatic rings. The first-order valence-corrected chi connectivity index (χ1v) is 6.95. The smallest absolute Gasteiger partial charge is 0.323 e. The maximum Gasteiger partial charge on any atom is 0.323 e. The maximum atomic E-state index is 12.5. The van der Waals surface area contributed by atoms with Gasteiger partial charge in [-0.15, -0.1) is 0 Å². The van der Waals surface area contributed by atoms with E-state index in [1.807, 2.05) is 39.0 Å². The van der Waals surface area contributed by atoms with Gasteiger partial charge in [-0.3, -0.25) is 9.59 Å². The summed E-state index contributed by atoms with van der Waals surface area (Å²) in [6, 6.07) is 7.15. The van der Waals surface area contributed by atoms with Crippen LogP contribution in [0, 0.1) is 6.92 Å². The molecule has 5 nitrogen and oxygen atoms in total. The van der Waals surface area contributed by atoms with Gasteiger partial charge in [0.2, 0.25) is 0 Å². The van der Waals surface area contributed by atoms with Crippen LogP contribution in [0.15, 0.2) is 28.7 Å². The molecule has 0 aliphatic carbocycles. The summed E-state index contributed by atoms with van der Waals surface area (Å²) in [6.07, 6.45) is 0.679. The van der Waals surface area contributed by atoms with Gasteiger partial charge in [0.15, 0.2) is 5.76 Å². The van der Waals surface area contributed by atoms with E-state index < -0.39 is 5.97 Å². The van der Waals surface area contributed by atoms with E-state index in [4.69, 9.17) is 9.52 Å². The van der Waals surface area contributed by atoms with E-state index in [0.29, 0.717) is 12.0 Å². The van der Waals surface area contributed by atoms with Gasteiger partial charge in [-0.05, 0) is 38.5 Å². The lowest BCUT2D eigenvalue weighted by atomic mass is 10.1. The minimum absolute atomic E-state index is 0.163. The zero-order valence-electron chi connectivity index (χ0n) is 12.4. The van der Waals surface area contributed by atoms with Gasteiger partial charge < -0.3 is 14.4 Å². The van der Waals surface area contributed by atoms with Gasteiger partial charge in [0.25, 0.3) is 5.91 Å². The predicted octanol–water partition coefficient (Wildman–Crippen LogP) is 3.07. The lowest BCUT2D eigenvalue weighted by molar-refractivity contribution is -0.138. The Labute approximate surface area is 123 Å². The lowest BCUT2D eigenvalue weighted by Crippen LogP contribution is -2.41. The Kier molecular flexibility index (Phi) is 4.31. The number of nitrogens with zero attached hydrogens (tertiary/aromatic N) is 1. The molecule has 21 heavy (non-hydrogen) atoms. The third-order valence-corrected chi connectivity index (χ3v) is 3.57. The summed E-state index contributed by atoms with van der Waals surface area (Å²) in [5.41, 5.74) is 1.70. The van der Waals surface area contributed by atoms with Gasteiger partial charge in [-0.1, -0.05) is 18.6 Å². The number of carboxylic acids is 1. The van der Waals surface area contributed by atoms with Crippen LogP contribution in [0.5, 0.6) is 0 Å².